The predicted octanol–water partition coefficient (Wildman–Crippen LogP) is 0.719. The van der Waals surface area contributed by atoms with Crippen molar-refractivity contribution in [2.75, 3.05) is 33.5 Å². The van der Waals surface area contributed by atoms with Crippen LogP contribution >= 0.6 is 0 Å². The highest BCUT2D eigenvalue weighted by atomic mass is 16.7. The van der Waals surface area contributed by atoms with Crippen LogP contribution in [0.25, 0.3) is 0 Å². The van der Waals surface area contributed by atoms with Crippen LogP contribution in [0.3, 0.4) is 0 Å². The Balaban J connectivity index is 2.01. The molecule has 0 N–H and O–H groups in total. The van der Waals surface area contributed by atoms with E-state index in [4.69, 9.17) is 18.9 Å². The van der Waals surface area contributed by atoms with Gasteiger partial charge in [-0.15, -0.1) is 0 Å². The van der Waals surface area contributed by atoms with Crippen molar-refractivity contribution in [3.8, 4) is 0 Å². The van der Waals surface area contributed by atoms with Crippen molar-refractivity contribution in [1.82, 2.24) is 0 Å². The number of ether oxygens (including phenoxy) is 4. The molecule has 0 aromatic carbocycles. The Morgan fingerprint density at radius 3 is 2.93 bits per heavy atom. The third-order valence-corrected chi connectivity index (χ3v) is 2.05. The van der Waals surface area contributed by atoms with Gasteiger partial charge < -0.3 is 18.9 Å². The second-order valence-corrected chi connectivity index (χ2v) is 3.33. The lowest BCUT2D eigenvalue weighted by Gasteiger charge is -2.22. The minimum absolute atomic E-state index is 0.0385. The van der Waals surface area contributed by atoms with Crippen LogP contribution in [-0.4, -0.2) is 45.8 Å². The molecule has 0 amide bonds. The highest BCUT2D eigenvalue weighted by Crippen LogP contribution is 2.13. The first-order valence-corrected chi connectivity index (χ1v) is 5.20. The van der Waals surface area contributed by atoms with Crippen LogP contribution in [0.1, 0.15) is 19.3 Å². The number of hydrogen-bond acceptors (Lipinski definition) is 5. The van der Waals surface area contributed by atoms with Gasteiger partial charge in [0.1, 0.15) is 6.61 Å². The molecule has 0 bridgehead atoms. The normalized spacial score (nSPS) is 21.3. The maximum absolute atomic E-state index is 11.2. The van der Waals surface area contributed by atoms with Crippen molar-refractivity contribution in [3.05, 3.63) is 0 Å². The fraction of sp³-hybridized carbons (Fsp3) is 0.900. The Hall–Kier alpha value is -0.650. The van der Waals surface area contributed by atoms with E-state index >= 15 is 0 Å². The van der Waals surface area contributed by atoms with Crippen molar-refractivity contribution < 1.29 is 23.7 Å². The molecule has 1 aliphatic heterocycles. The SMILES string of the molecule is COCCOCC(=O)OC1CCCCO1. The van der Waals surface area contributed by atoms with Gasteiger partial charge in [-0.25, -0.2) is 4.79 Å². The smallest absolute Gasteiger partial charge is 0.334 e. The first-order chi connectivity index (χ1) is 7.33. The second-order valence-electron chi connectivity index (χ2n) is 3.33. The van der Waals surface area contributed by atoms with Crippen LogP contribution in [-0.2, 0) is 23.7 Å². The van der Waals surface area contributed by atoms with Crippen LogP contribution in [0.2, 0.25) is 0 Å². The van der Waals surface area contributed by atoms with Gasteiger partial charge in [0.15, 0.2) is 0 Å². The maximum Gasteiger partial charge on any atom is 0.334 e. The highest BCUT2D eigenvalue weighted by molar-refractivity contribution is 5.70. The van der Waals surface area contributed by atoms with E-state index in [1.54, 1.807) is 7.11 Å². The molecule has 0 radical (unpaired) electrons. The lowest BCUT2D eigenvalue weighted by atomic mass is 10.2. The van der Waals surface area contributed by atoms with Crippen LogP contribution in [0.5, 0.6) is 0 Å². The third-order valence-electron chi connectivity index (χ3n) is 2.05. The van der Waals surface area contributed by atoms with E-state index < -0.39 is 0 Å². The first-order valence-electron chi connectivity index (χ1n) is 5.20. The lowest BCUT2D eigenvalue weighted by Crippen LogP contribution is -2.27. The molecule has 5 heteroatoms. The topological polar surface area (TPSA) is 54.0 Å². The molecule has 1 aliphatic rings. The van der Waals surface area contributed by atoms with Crippen LogP contribution in [0, 0.1) is 0 Å². The molecule has 15 heavy (non-hydrogen) atoms. The average Bonchev–Trinajstić information content (AvgIpc) is 2.26. The summed E-state index contributed by atoms with van der Waals surface area (Å²) in [7, 11) is 1.58. The molecule has 1 fully saturated rings. The Morgan fingerprint density at radius 2 is 2.27 bits per heavy atom. The largest absolute Gasteiger partial charge is 0.434 e. The van der Waals surface area contributed by atoms with E-state index in [-0.39, 0.29) is 18.9 Å². The number of methoxy groups -OCH3 is 1. The van der Waals surface area contributed by atoms with E-state index in [1.165, 1.54) is 0 Å². The minimum Gasteiger partial charge on any atom is -0.434 e. The highest BCUT2D eigenvalue weighted by Gasteiger charge is 2.17. The molecular weight excluding hydrogens is 200 g/mol. The fourth-order valence-corrected chi connectivity index (χ4v) is 1.28. The van der Waals surface area contributed by atoms with Gasteiger partial charge in [-0.1, -0.05) is 0 Å². The summed E-state index contributed by atoms with van der Waals surface area (Å²) >= 11 is 0. The average molecular weight is 218 g/mol. The molecule has 5 nitrogen and oxygen atoms in total. The molecular formula is C10H18O5. The van der Waals surface area contributed by atoms with E-state index in [0.29, 0.717) is 19.8 Å². The summed E-state index contributed by atoms with van der Waals surface area (Å²) < 4.78 is 20.1. The van der Waals surface area contributed by atoms with Gasteiger partial charge in [-0.2, -0.15) is 0 Å². The maximum atomic E-state index is 11.2. The molecule has 88 valence electrons. The van der Waals surface area contributed by atoms with E-state index in [0.717, 1.165) is 19.3 Å². The standard InChI is InChI=1S/C10H18O5/c1-12-6-7-13-8-9(11)15-10-4-2-3-5-14-10/h10H,2-8H2,1H3. The Morgan fingerprint density at radius 1 is 1.40 bits per heavy atom. The molecule has 0 saturated carbocycles. The Labute approximate surface area is 89.6 Å². The van der Waals surface area contributed by atoms with Crippen molar-refractivity contribution in [3.63, 3.8) is 0 Å². The molecule has 0 aromatic heterocycles. The molecule has 1 saturated heterocycles. The van der Waals surface area contributed by atoms with E-state index in [2.05, 4.69) is 0 Å². The molecule has 1 atom stereocenters. The van der Waals surface area contributed by atoms with Gasteiger partial charge in [0.05, 0.1) is 19.8 Å². The quantitative estimate of drug-likeness (QED) is 0.485. The number of hydrogen-bond donors (Lipinski definition) is 0. The van der Waals surface area contributed by atoms with E-state index in [9.17, 15) is 4.79 Å². The van der Waals surface area contributed by atoms with Gasteiger partial charge in [0, 0.05) is 13.5 Å². The zero-order valence-electron chi connectivity index (χ0n) is 9.07. The number of esters is 1. The van der Waals surface area contributed by atoms with Crippen molar-refractivity contribution in [2.24, 2.45) is 0 Å². The van der Waals surface area contributed by atoms with Gasteiger partial charge in [0.25, 0.3) is 0 Å². The Kier molecular flexibility index (Phi) is 6.31. The van der Waals surface area contributed by atoms with Crippen LogP contribution < -0.4 is 0 Å². The minimum atomic E-state index is -0.378. The van der Waals surface area contributed by atoms with Crippen LogP contribution in [0.15, 0.2) is 0 Å². The summed E-state index contributed by atoms with van der Waals surface area (Å²) in [5.74, 6) is -0.377. The number of carbonyl (C=O) groups is 1. The first kappa shape index (κ1) is 12.4. The molecule has 1 unspecified atom stereocenters. The monoisotopic (exact) mass is 218 g/mol. The summed E-state index contributed by atoms with van der Waals surface area (Å²) in [6.07, 6.45) is 2.49. The van der Waals surface area contributed by atoms with Crippen molar-refractivity contribution >= 4 is 5.97 Å². The zero-order chi connectivity index (χ0) is 10.9. The molecule has 0 spiro atoms. The summed E-state index contributed by atoms with van der Waals surface area (Å²) in [6, 6.07) is 0. The summed E-state index contributed by atoms with van der Waals surface area (Å²) in [5.41, 5.74) is 0. The van der Waals surface area contributed by atoms with Gasteiger partial charge in [-0.05, 0) is 12.8 Å². The third kappa shape index (κ3) is 5.71. The van der Waals surface area contributed by atoms with E-state index in [1.807, 2.05) is 0 Å². The molecule has 0 aromatic rings. The molecule has 1 heterocycles. The molecule has 0 aliphatic carbocycles. The second kappa shape index (κ2) is 7.62. The number of rotatable bonds is 6. The predicted molar refractivity (Wildman–Crippen MR) is 52.4 cm³/mol. The Bertz CT molecular complexity index is 177. The van der Waals surface area contributed by atoms with Crippen LogP contribution in [0.4, 0.5) is 0 Å². The van der Waals surface area contributed by atoms with Gasteiger partial charge >= 0.3 is 5.97 Å². The summed E-state index contributed by atoms with van der Waals surface area (Å²) in [5, 5.41) is 0. The van der Waals surface area contributed by atoms with Gasteiger partial charge in [-0.3, -0.25) is 0 Å². The van der Waals surface area contributed by atoms with Crippen molar-refractivity contribution in [2.45, 2.75) is 25.6 Å². The van der Waals surface area contributed by atoms with Crippen molar-refractivity contribution in [1.29, 1.82) is 0 Å². The lowest BCUT2D eigenvalue weighted by molar-refractivity contribution is -0.191. The summed E-state index contributed by atoms with van der Waals surface area (Å²) in [4.78, 5) is 11.2. The fourth-order valence-electron chi connectivity index (χ4n) is 1.28. The number of carbonyl (C=O) groups excluding carboxylic acids is 1. The summed E-state index contributed by atoms with van der Waals surface area (Å²) in [6.45, 7) is 1.51. The molecule has 1 rings (SSSR count). The zero-order valence-corrected chi connectivity index (χ0v) is 9.07. The van der Waals surface area contributed by atoms with Gasteiger partial charge in [0.2, 0.25) is 6.29 Å².